The Bertz CT molecular complexity index is 538. The molecule has 1 unspecified atom stereocenters. The lowest BCUT2D eigenvalue weighted by atomic mass is 9.87. The molecule has 0 fully saturated rings. The predicted molar refractivity (Wildman–Crippen MR) is 80.5 cm³/mol. The lowest BCUT2D eigenvalue weighted by Gasteiger charge is -2.23. The summed E-state index contributed by atoms with van der Waals surface area (Å²) in [6.45, 7) is 6.74. The minimum absolute atomic E-state index is 0.102. The van der Waals surface area contributed by atoms with Gasteiger partial charge in [-0.05, 0) is 29.7 Å². The van der Waals surface area contributed by atoms with Crippen LogP contribution in [0.3, 0.4) is 0 Å². The van der Waals surface area contributed by atoms with Crippen molar-refractivity contribution in [2.75, 3.05) is 0 Å². The van der Waals surface area contributed by atoms with E-state index in [1.165, 1.54) is 10.8 Å². The Labute approximate surface area is 115 Å². The van der Waals surface area contributed by atoms with Crippen molar-refractivity contribution in [1.29, 1.82) is 0 Å². The van der Waals surface area contributed by atoms with E-state index in [2.05, 4.69) is 43.3 Å². The Morgan fingerprint density at radius 2 is 1.95 bits per heavy atom. The number of rotatable bonds is 4. The van der Waals surface area contributed by atoms with Crippen LogP contribution in [0.25, 0.3) is 10.8 Å². The van der Waals surface area contributed by atoms with Crippen LogP contribution >= 0.6 is 0 Å². The number of hydrazine groups is 1. The van der Waals surface area contributed by atoms with E-state index in [0.29, 0.717) is 5.41 Å². The second-order valence-corrected chi connectivity index (χ2v) is 6.24. The quantitative estimate of drug-likeness (QED) is 0.650. The molecule has 2 rings (SSSR count). The van der Waals surface area contributed by atoms with E-state index >= 15 is 0 Å². The summed E-state index contributed by atoms with van der Waals surface area (Å²) in [5.74, 6) is 5.74. The van der Waals surface area contributed by atoms with Crippen molar-refractivity contribution in [3.8, 4) is 0 Å². The molecule has 102 valence electrons. The number of hydrogen-bond acceptors (Lipinski definition) is 3. The zero-order chi connectivity index (χ0) is 13.9. The van der Waals surface area contributed by atoms with Crippen molar-refractivity contribution >= 4 is 10.8 Å². The Morgan fingerprint density at radius 1 is 1.21 bits per heavy atom. The molecule has 0 bridgehead atoms. The molecule has 1 atom stereocenters. The second kappa shape index (κ2) is 5.68. The maximum absolute atomic E-state index is 5.74. The molecule has 3 nitrogen and oxygen atoms in total. The fourth-order valence-electron chi connectivity index (χ4n) is 2.30. The first-order valence-electron chi connectivity index (χ1n) is 6.81. The molecule has 0 saturated heterocycles. The number of fused-ring (bicyclic) bond motifs is 1. The number of benzene rings is 1. The highest BCUT2D eigenvalue weighted by Crippen LogP contribution is 2.29. The SMILES string of the molecule is CC(C)(C)CCC(NN)c1nccc2ccccc12. The van der Waals surface area contributed by atoms with Gasteiger partial charge in [0.2, 0.25) is 0 Å². The van der Waals surface area contributed by atoms with Gasteiger partial charge in [-0.15, -0.1) is 0 Å². The van der Waals surface area contributed by atoms with Crippen LogP contribution in [0.4, 0.5) is 0 Å². The Balaban J connectivity index is 2.30. The summed E-state index contributed by atoms with van der Waals surface area (Å²) in [5.41, 5.74) is 4.27. The number of aromatic nitrogens is 1. The molecule has 1 heterocycles. The van der Waals surface area contributed by atoms with E-state index < -0.39 is 0 Å². The normalized spacial score (nSPS) is 13.7. The highest BCUT2D eigenvalue weighted by atomic mass is 15.2. The van der Waals surface area contributed by atoms with Gasteiger partial charge in [-0.3, -0.25) is 16.3 Å². The minimum Gasteiger partial charge on any atom is -0.271 e. The molecule has 2 aromatic rings. The third-order valence-corrected chi connectivity index (χ3v) is 3.42. The number of hydrogen-bond donors (Lipinski definition) is 2. The van der Waals surface area contributed by atoms with Crippen molar-refractivity contribution in [1.82, 2.24) is 10.4 Å². The number of pyridine rings is 1. The van der Waals surface area contributed by atoms with Crippen molar-refractivity contribution in [2.45, 2.75) is 39.7 Å². The zero-order valence-corrected chi connectivity index (χ0v) is 12.0. The summed E-state index contributed by atoms with van der Waals surface area (Å²) >= 11 is 0. The average Bonchev–Trinajstić information content (AvgIpc) is 2.38. The van der Waals surface area contributed by atoms with Crippen LogP contribution < -0.4 is 11.3 Å². The number of nitrogens with two attached hydrogens (primary N) is 1. The molecule has 0 aliphatic carbocycles. The zero-order valence-electron chi connectivity index (χ0n) is 12.0. The van der Waals surface area contributed by atoms with E-state index in [-0.39, 0.29) is 6.04 Å². The van der Waals surface area contributed by atoms with Gasteiger partial charge >= 0.3 is 0 Å². The van der Waals surface area contributed by atoms with Crippen LogP contribution in [0, 0.1) is 5.41 Å². The monoisotopic (exact) mass is 257 g/mol. The predicted octanol–water partition coefficient (Wildman–Crippen LogP) is 3.57. The van der Waals surface area contributed by atoms with Gasteiger partial charge in [0.15, 0.2) is 0 Å². The second-order valence-electron chi connectivity index (χ2n) is 6.24. The van der Waals surface area contributed by atoms with E-state index in [4.69, 9.17) is 5.84 Å². The Kier molecular flexibility index (Phi) is 4.17. The highest BCUT2D eigenvalue weighted by Gasteiger charge is 2.18. The Hall–Kier alpha value is -1.45. The first kappa shape index (κ1) is 14.0. The maximum Gasteiger partial charge on any atom is 0.0664 e. The van der Waals surface area contributed by atoms with E-state index in [0.717, 1.165) is 18.5 Å². The van der Waals surface area contributed by atoms with Crippen LogP contribution in [-0.2, 0) is 0 Å². The topological polar surface area (TPSA) is 50.9 Å². The molecule has 3 heteroatoms. The lowest BCUT2D eigenvalue weighted by molar-refractivity contribution is 0.332. The van der Waals surface area contributed by atoms with E-state index in [9.17, 15) is 0 Å². The minimum atomic E-state index is 0.102. The standard InChI is InChI=1S/C16H23N3/c1-16(2,3)10-8-14(19-17)15-13-7-5-4-6-12(13)9-11-18-15/h4-7,9,11,14,19H,8,10,17H2,1-3H3. The molecule has 19 heavy (non-hydrogen) atoms. The molecule has 3 N–H and O–H groups in total. The summed E-state index contributed by atoms with van der Waals surface area (Å²) in [6.07, 6.45) is 3.95. The van der Waals surface area contributed by atoms with Crippen LogP contribution in [-0.4, -0.2) is 4.98 Å². The van der Waals surface area contributed by atoms with Crippen molar-refractivity contribution < 1.29 is 0 Å². The summed E-state index contributed by atoms with van der Waals surface area (Å²) in [6, 6.07) is 10.5. The molecule has 1 aromatic heterocycles. The van der Waals surface area contributed by atoms with Crippen molar-refractivity contribution in [3.05, 3.63) is 42.2 Å². The van der Waals surface area contributed by atoms with Crippen molar-refractivity contribution in [3.63, 3.8) is 0 Å². The third-order valence-electron chi connectivity index (χ3n) is 3.42. The van der Waals surface area contributed by atoms with Gasteiger partial charge in [-0.2, -0.15) is 0 Å². The smallest absolute Gasteiger partial charge is 0.0664 e. The molecule has 0 spiro atoms. The molecular weight excluding hydrogens is 234 g/mol. The molecule has 0 aliphatic heterocycles. The van der Waals surface area contributed by atoms with Gasteiger partial charge in [0, 0.05) is 11.6 Å². The average molecular weight is 257 g/mol. The number of nitrogens with one attached hydrogen (secondary N) is 1. The van der Waals surface area contributed by atoms with Gasteiger partial charge in [0.25, 0.3) is 0 Å². The van der Waals surface area contributed by atoms with Crippen LogP contribution in [0.5, 0.6) is 0 Å². The fourth-order valence-corrected chi connectivity index (χ4v) is 2.30. The first-order valence-corrected chi connectivity index (χ1v) is 6.81. The van der Waals surface area contributed by atoms with Gasteiger partial charge in [-0.1, -0.05) is 45.0 Å². The largest absolute Gasteiger partial charge is 0.271 e. The molecule has 0 amide bonds. The Morgan fingerprint density at radius 3 is 2.63 bits per heavy atom. The van der Waals surface area contributed by atoms with Gasteiger partial charge in [0.1, 0.15) is 0 Å². The summed E-state index contributed by atoms with van der Waals surface area (Å²) in [7, 11) is 0. The summed E-state index contributed by atoms with van der Waals surface area (Å²) in [5, 5.41) is 2.39. The summed E-state index contributed by atoms with van der Waals surface area (Å²) < 4.78 is 0. The van der Waals surface area contributed by atoms with Gasteiger partial charge < -0.3 is 0 Å². The van der Waals surface area contributed by atoms with Gasteiger partial charge in [0.05, 0.1) is 11.7 Å². The highest BCUT2D eigenvalue weighted by molar-refractivity contribution is 5.84. The van der Waals surface area contributed by atoms with E-state index in [1.807, 2.05) is 24.4 Å². The molecule has 0 aliphatic rings. The lowest BCUT2D eigenvalue weighted by Crippen LogP contribution is -2.29. The first-order chi connectivity index (χ1) is 9.01. The van der Waals surface area contributed by atoms with Crippen LogP contribution in [0.2, 0.25) is 0 Å². The van der Waals surface area contributed by atoms with Crippen LogP contribution in [0.15, 0.2) is 36.5 Å². The maximum atomic E-state index is 5.74. The molecule has 1 aromatic carbocycles. The van der Waals surface area contributed by atoms with Gasteiger partial charge in [-0.25, -0.2) is 0 Å². The fraction of sp³-hybridized carbons (Fsp3) is 0.438. The third kappa shape index (κ3) is 3.52. The van der Waals surface area contributed by atoms with Crippen LogP contribution in [0.1, 0.15) is 45.3 Å². The van der Waals surface area contributed by atoms with Crippen molar-refractivity contribution in [2.24, 2.45) is 11.3 Å². The molecule has 0 saturated carbocycles. The number of nitrogens with zero attached hydrogens (tertiary/aromatic N) is 1. The molecule has 0 radical (unpaired) electrons. The molecular formula is C16H23N3. The summed E-state index contributed by atoms with van der Waals surface area (Å²) in [4.78, 5) is 4.54. The van der Waals surface area contributed by atoms with E-state index in [1.54, 1.807) is 0 Å².